The molecule has 4 heteroatoms. The van der Waals surface area contributed by atoms with Crippen LogP contribution in [0.5, 0.6) is 0 Å². The Morgan fingerprint density at radius 1 is 1.75 bits per heavy atom. The summed E-state index contributed by atoms with van der Waals surface area (Å²) < 4.78 is 1.63. The van der Waals surface area contributed by atoms with Crippen molar-refractivity contribution in [2.24, 2.45) is 0 Å². The summed E-state index contributed by atoms with van der Waals surface area (Å²) in [6.45, 7) is 3.07. The topological polar surface area (TPSA) is 24.9 Å². The molecule has 1 aliphatic heterocycles. The Kier molecular flexibility index (Phi) is 2.29. The third kappa shape index (κ3) is 1.25. The van der Waals surface area contributed by atoms with Gasteiger partial charge in [-0.15, -0.1) is 0 Å². The van der Waals surface area contributed by atoms with E-state index in [2.05, 4.69) is 55.7 Å². The molecule has 0 saturated carbocycles. The molecule has 0 bridgehead atoms. The van der Waals surface area contributed by atoms with Gasteiger partial charge in [-0.25, -0.2) is 0 Å². The predicted octanol–water partition coefficient (Wildman–Crippen LogP) is 3.05. The zero-order valence-corrected chi connectivity index (χ0v) is 10.3. The number of hydrogen-bond donors (Lipinski definition) is 1. The first-order valence-corrected chi connectivity index (χ1v) is 5.77. The first-order chi connectivity index (χ1) is 5.70. The van der Waals surface area contributed by atoms with Crippen molar-refractivity contribution in [3.63, 3.8) is 0 Å². The molecule has 12 heavy (non-hydrogen) atoms. The summed E-state index contributed by atoms with van der Waals surface area (Å²) in [5.41, 5.74) is 3.71. The summed E-state index contributed by atoms with van der Waals surface area (Å²) >= 11 is 5.92. The van der Waals surface area contributed by atoms with Crippen LogP contribution in [-0.4, -0.2) is 11.5 Å². The van der Waals surface area contributed by atoms with Crippen LogP contribution in [0.2, 0.25) is 0 Å². The van der Waals surface area contributed by atoms with Gasteiger partial charge in [0.25, 0.3) is 0 Å². The van der Waals surface area contributed by atoms with Gasteiger partial charge >= 0.3 is 0 Å². The van der Waals surface area contributed by atoms with E-state index in [0.29, 0.717) is 3.92 Å². The number of anilines is 1. The molecule has 1 N–H and O–H groups in total. The number of hydrogen-bond acceptors (Lipinski definition) is 2. The highest BCUT2D eigenvalue weighted by Crippen LogP contribution is 2.41. The van der Waals surface area contributed by atoms with Gasteiger partial charge in [0.05, 0.1) is 14.1 Å². The van der Waals surface area contributed by atoms with Gasteiger partial charge in [0, 0.05) is 24.0 Å². The molecule has 0 aliphatic carbocycles. The second-order valence-electron chi connectivity index (χ2n) is 2.83. The number of aryl methyl sites for hydroxylation is 1. The van der Waals surface area contributed by atoms with Crippen molar-refractivity contribution >= 4 is 44.2 Å². The number of alkyl halides is 1. The second kappa shape index (κ2) is 3.14. The molecule has 0 aromatic carbocycles. The highest BCUT2D eigenvalue weighted by molar-refractivity contribution is 14.1. The zero-order valence-electron chi connectivity index (χ0n) is 6.56. The van der Waals surface area contributed by atoms with Crippen LogP contribution < -0.4 is 5.32 Å². The van der Waals surface area contributed by atoms with Crippen molar-refractivity contribution < 1.29 is 0 Å². The minimum Gasteiger partial charge on any atom is -0.382 e. The van der Waals surface area contributed by atoms with Crippen molar-refractivity contribution in [1.29, 1.82) is 0 Å². The lowest BCUT2D eigenvalue weighted by Crippen LogP contribution is -1.93. The van der Waals surface area contributed by atoms with Crippen LogP contribution in [-0.2, 0) is 0 Å². The summed E-state index contributed by atoms with van der Waals surface area (Å²) in [7, 11) is 0. The highest BCUT2D eigenvalue weighted by atomic mass is 127. The summed E-state index contributed by atoms with van der Waals surface area (Å²) in [6, 6.07) is 0. The molecule has 1 aromatic rings. The fourth-order valence-electron chi connectivity index (χ4n) is 1.45. The quantitative estimate of drug-likeness (QED) is 0.581. The van der Waals surface area contributed by atoms with Gasteiger partial charge in [-0.05, 0) is 22.9 Å². The van der Waals surface area contributed by atoms with Crippen LogP contribution in [0.3, 0.4) is 0 Å². The van der Waals surface area contributed by atoms with E-state index in [-0.39, 0.29) is 0 Å². The van der Waals surface area contributed by atoms with E-state index in [9.17, 15) is 0 Å². The largest absolute Gasteiger partial charge is 0.382 e. The molecular formula is C8H8BrIN2. The number of nitrogens with zero attached hydrogens (tertiary/aromatic N) is 1. The smallest absolute Gasteiger partial charge is 0.0593 e. The molecule has 0 saturated heterocycles. The molecule has 64 valence electrons. The Hall–Kier alpha value is 0.160. The summed E-state index contributed by atoms with van der Waals surface area (Å²) in [5.74, 6) is 0. The molecular weight excluding hydrogens is 331 g/mol. The van der Waals surface area contributed by atoms with Crippen molar-refractivity contribution in [1.82, 2.24) is 4.98 Å². The standard InChI is InChI=1S/C8H8BrIN2/c1-4-7-6(10)3-12-8(7)5(9)2-11-4/h2,6,12H,3H2,1H3/t6-/m1/s1. The highest BCUT2D eigenvalue weighted by Gasteiger charge is 2.23. The molecule has 0 amide bonds. The van der Waals surface area contributed by atoms with Crippen molar-refractivity contribution in [2.45, 2.75) is 10.8 Å². The lowest BCUT2D eigenvalue weighted by Gasteiger charge is -2.05. The Balaban J connectivity index is 2.64. The Morgan fingerprint density at radius 2 is 2.50 bits per heavy atom. The fraction of sp³-hybridized carbons (Fsp3) is 0.375. The van der Waals surface area contributed by atoms with E-state index in [1.165, 1.54) is 11.3 Å². The number of pyridine rings is 1. The van der Waals surface area contributed by atoms with Gasteiger partial charge in [0.15, 0.2) is 0 Å². The van der Waals surface area contributed by atoms with Gasteiger partial charge in [0.2, 0.25) is 0 Å². The Labute approximate surface area is 93.4 Å². The van der Waals surface area contributed by atoms with E-state index in [1.807, 2.05) is 6.20 Å². The van der Waals surface area contributed by atoms with Gasteiger partial charge in [0.1, 0.15) is 0 Å². The average Bonchev–Trinajstić information content (AvgIpc) is 2.42. The maximum atomic E-state index is 4.31. The van der Waals surface area contributed by atoms with Gasteiger partial charge in [-0.2, -0.15) is 0 Å². The summed E-state index contributed by atoms with van der Waals surface area (Å²) in [6.07, 6.45) is 1.86. The third-order valence-corrected chi connectivity index (χ3v) is 3.71. The van der Waals surface area contributed by atoms with Gasteiger partial charge in [-0.1, -0.05) is 22.6 Å². The molecule has 1 atom stereocenters. The molecule has 0 unspecified atom stereocenters. The van der Waals surface area contributed by atoms with Crippen LogP contribution in [0.4, 0.5) is 5.69 Å². The number of fused-ring (bicyclic) bond motifs is 1. The molecule has 2 rings (SSSR count). The van der Waals surface area contributed by atoms with Crippen LogP contribution in [0, 0.1) is 6.92 Å². The number of rotatable bonds is 0. The number of nitrogens with one attached hydrogen (secondary N) is 1. The monoisotopic (exact) mass is 338 g/mol. The first kappa shape index (κ1) is 8.74. The third-order valence-electron chi connectivity index (χ3n) is 2.04. The van der Waals surface area contributed by atoms with Crippen LogP contribution in [0.25, 0.3) is 0 Å². The minimum atomic E-state index is 0.558. The fourth-order valence-corrected chi connectivity index (χ4v) is 2.89. The molecule has 0 spiro atoms. The van der Waals surface area contributed by atoms with Gasteiger partial charge in [-0.3, -0.25) is 4.98 Å². The van der Waals surface area contributed by atoms with E-state index in [4.69, 9.17) is 0 Å². The molecule has 0 radical (unpaired) electrons. The second-order valence-corrected chi connectivity index (χ2v) is 5.19. The van der Waals surface area contributed by atoms with E-state index in [0.717, 1.165) is 16.7 Å². The SMILES string of the molecule is Cc1ncc(Br)c2c1[C@H](I)CN2. The van der Waals surface area contributed by atoms with Crippen molar-refractivity contribution in [3.8, 4) is 0 Å². The molecule has 2 nitrogen and oxygen atoms in total. The van der Waals surface area contributed by atoms with Crippen LogP contribution in [0.15, 0.2) is 10.7 Å². The Morgan fingerprint density at radius 3 is 3.17 bits per heavy atom. The maximum absolute atomic E-state index is 4.31. The number of halogens is 2. The zero-order chi connectivity index (χ0) is 8.72. The summed E-state index contributed by atoms with van der Waals surface area (Å²) in [4.78, 5) is 4.31. The molecule has 1 aromatic heterocycles. The maximum Gasteiger partial charge on any atom is 0.0593 e. The average molecular weight is 339 g/mol. The molecule has 2 heterocycles. The normalized spacial score (nSPS) is 20.4. The summed E-state index contributed by atoms with van der Waals surface area (Å²) in [5, 5.41) is 3.36. The number of aromatic nitrogens is 1. The van der Waals surface area contributed by atoms with Crippen LogP contribution >= 0.6 is 38.5 Å². The molecule has 1 aliphatic rings. The van der Waals surface area contributed by atoms with E-state index in [1.54, 1.807) is 0 Å². The van der Waals surface area contributed by atoms with Crippen molar-refractivity contribution in [3.05, 3.63) is 21.9 Å². The van der Waals surface area contributed by atoms with Crippen LogP contribution in [0.1, 0.15) is 15.2 Å². The minimum absolute atomic E-state index is 0.558. The Bertz CT molecular complexity index is 327. The first-order valence-electron chi connectivity index (χ1n) is 3.73. The lowest BCUT2D eigenvalue weighted by molar-refractivity contribution is 1.06. The van der Waals surface area contributed by atoms with Crippen molar-refractivity contribution in [2.75, 3.05) is 11.9 Å². The van der Waals surface area contributed by atoms with E-state index >= 15 is 0 Å². The molecule has 0 fully saturated rings. The lowest BCUT2D eigenvalue weighted by atomic mass is 10.1. The van der Waals surface area contributed by atoms with E-state index < -0.39 is 0 Å². The predicted molar refractivity (Wildman–Crippen MR) is 61.9 cm³/mol. The van der Waals surface area contributed by atoms with Gasteiger partial charge < -0.3 is 5.32 Å².